The molecule has 0 aliphatic heterocycles. The number of carbonyl (C=O) groups is 3. The van der Waals surface area contributed by atoms with Gasteiger partial charge in [0, 0.05) is 22.7 Å². The number of ether oxygens (including phenoxy) is 1. The van der Waals surface area contributed by atoms with Gasteiger partial charge in [-0.1, -0.05) is 11.6 Å². The van der Waals surface area contributed by atoms with Crippen LogP contribution in [-0.4, -0.2) is 40.2 Å². The Kier molecular flexibility index (Phi) is 6.95. The highest BCUT2D eigenvalue weighted by Crippen LogP contribution is 2.13. The highest BCUT2D eigenvalue weighted by atomic mass is 35.5. The standard InChI is InChI=1S/C18H21ClN4O4/c1-11(2)23-15(8-9-21-23)22-17(25)12(3)27-16(24)10-20-18(26)13-4-6-14(19)7-5-13/h4-9,11-12H,10H2,1-3H3,(H,20,26)(H,22,25)/t12-/m0/s1. The van der Waals surface area contributed by atoms with Crippen LogP contribution in [0.2, 0.25) is 5.02 Å². The first kappa shape index (κ1) is 20.4. The Morgan fingerprint density at radius 3 is 2.44 bits per heavy atom. The first-order valence-corrected chi connectivity index (χ1v) is 8.73. The first-order valence-electron chi connectivity index (χ1n) is 8.35. The van der Waals surface area contributed by atoms with Crippen LogP contribution in [0.1, 0.15) is 37.2 Å². The summed E-state index contributed by atoms with van der Waals surface area (Å²) in [6.07, 6.45) is 0.541. The maximum atomic E-state index is 12.2. The summed E-state index contributed by atoms with van der Waals surface area (Å²) in [5.41, 5.74) is 0.361. The molecule has 0 aliphatic rings. The number of rotatable bonds is 7. The van der Waals surface area contributed by atoms with Crippen molar-refractivity contribution < 1.29 is 19.1 Å². The predicted molar refractivity (Wildman–Crippen MR) is 101 cm³/mol. The fourth-order valence-corrected chi connectivity index (χ4v) is 2.33. The summed E-state index contributed by atoms with van der Waals surface area (Å²) < 4.78 is 6.69. The second-order valence-corrected chi connectivity index (χ2v) is 6.50. The summed E-state index contributed by atoms with van der Waals surface area (Å²) >= 11 is 5.76. The number of nitrogens with one attached hydrogen (secondary N) is 2. The third-order valence-electron chi connectivity index (χ3n) is 3.59. The van der Waals surface area contributed by atoms with Crippen molar-refractivity contribution in [3.05, 3.63) is 47.1 Å². The molecule has 1 aromatic heterocycles. The fourth-order valence-electron chi connectivity index (χ4n) is 2.20. The molecule has 27 heavy (non-hydrogen) atoms. The van der Waals surface area contributed by atoms with E-state index >= 15 is 0 Å². The molecule has 0 spiro atoms. The van der Waals surface area contributed by atoms with Gasteiger partial charge in [-0.25, -0.2) is 4.68 Å². The Hall–Kier alpha value is -2.87. The third kappa shape index (κ3) is 5.82. The molecule has 1 atom stereocenters. The average Bonchev–Trinajstić information content (AvgIpc) is 3.08. The highest BCUT2D eigenvalue weighted by molar-refractivity contribution is 6.30. The number of aromatic nitrogens is 2. The van der Waals surface area contributed by atoms with Gasteiger partial charge in [-0.2, -0.15) is 5.10 Å². The van der Waals surface area contributed by atoms with E-state index in [1.54, 1.807) is 29.1 Å². The Balaban J connectivity index is 1.82. The lowest BCUT2D eigenvalue weighted by Gasteiger charge is -2.16. The number of carbonyl (C=O) groups excluding carboxylic acids is 3. The lowest BCUT2D eigenvalue weighted by Crippen LogP contribution is -2.36. The number of hydrogen-bond donors (Lipinski definition) is 2. The van der Waals surface area contributed by atoms with Crippen LogP contribution in [0.15, 0.2) is 36.5 Å². The molecule has 2 rings (SSSR count). The molecule has 0 aliphatic carbocycles. The van der Waals surface area contributed by atoms with Crippen LogP contribution in [0.3, 0.4) is 0 Å². The van der Waals surface area contributed by atoms with Gasteiger partial charge in [-0.15, -0.1) is 0 Å². The number of hydrogen-bond acceptors (Lipinski definition) is 5. The monoisotopic (exact) mass is 392 g/mol. The molecule has 0 fully saturated rings. The lowest BCUT2D eigenvalue weighted by molar-refractivity contribution is -0.152. The minimum Gasteiger partial charge on any atom is -0.451 e. The molecule has 0 saturated heterocycles. The van der Waals surface area contributed by atoms with Crippen LogP contribution in [0.25, 0.3) is 0 Å². The van der Waals surface area contributed by atoms with E-state index in [9.17, 15) is 14.4 Å². The molecule has 0 bridgehead atoms. The number of benzene rings is 1. The van der Waals surface area contributed by atoms with Crippen molar-refractivity contribution in [2.24, 2.45) is 0 Å². The van der Waals surface area contributed by atoms with Crippen molar-refractivity contribution in [2.45, 2.75) is 32.9 Å². The van der Waals surface area contributed by atoms with Crippen LogP contribution in [-0.2, 0) is 14.3 Å². The van der Waals surface area contributed by atoms with Gasteiger partial charge in [-0.3, -0.25) is 14.4 Å². The van der Waals surface area contributed by atoms with Crippen LogP contribution in [0, 0.1) is 0 Å². The molecule has 1 heterocycles. The van der Waals surface area contributed by atoms with Gasteiger partial charge in [0.05, 0.1) is 6.20 Å². The Bertz CT molecular complexity index is 817. The summed E-state index contributed by atoms with van der Waals surface area (Å²) in [5.74, 6) is -1.15. The zero-order valence-corrected chi connectivity index (χ0v) is 16.0. The van der Waals surface area contributed by atoms with Crippen LogP contribution in [0.4, 0.5) is 5.82 Å². The lowest BCUT2D eigenvalue weighted by atomic mass is 10.2. The van der Waals surface area contributed by atoms with Gasteiger partial charge < -0.3 is 15.4 Å². The predicted octanol–water partition coefficient (Wildman–Crippen LogP) is 2.42. The van der Waals surface area contributed by atoms with E-state index in [0.717, 1.165) is 0 Å². The number of esters is 1. The topological polar surface area (TPSA) is 102 Å². The summed E-state index contributed by atoms with van der Waals surface area (Å²) in [4.78, 5) is 36.0. The van der Waals surface area contributed by atoms with Gasteiger partial charge in [0.2, 0.25) is 0 Å². The van der Waals surface area contributed by atoms with Gasteiger partial charge >= 0.3 is 5.97 Å². The van der Waals surface area contributed by atoms with Gasteiger partial charge in [0.1, 0.15) is 12.4 Å². The molecule has 9 heteroatoms. The second kappa shape index (κ2) is 9.18. The van der Waals surface area contributed by atoms with Crippen LogP contribution >= 0.6 is 11.6 Å². The number of nitrogens with zero attached hydrogens (tertiary/aromatic N) is 2. The van der Waals surface area contributed by atoms with E-state index in [2.05, 4.69) is 15.7 Å². The first-order chi connectivity index (χ1) is 12.8. The molecular weight excluding hydrogens is 372 g/mol. The quantitative estimate of drug-likeness (QED) is 0.704. The van der Waals surface area contributed by atoms with E-state index in [1.807, 2.05) is 13.8 Å². The fraction of sp³-hybridized carbons (Fsp3) is 0.333. The molecule has 2 aromatic rings. The Morgan fingerprint density at radius 2 is 1.81 bits per heavy atom. The van der Waals surface area contributed by atoms with Crippen molar-refractivity contribution in [1.82, 2.24) is 15.1 Å². The minimum absolute atomic E-state index is 0.0660. The van der Waals surface area contributed by atoms with E-state index in [-0.39, 0.29) is 12.6 Å². The number of halogens is 1. The zero-order chi connectivity index (χ0) is 20.0. The van der Waals surface area contributed by atoms with Crippen LogP contribution in [0.5, 0.6) is 0 Å². The summed E-state index contributed by atoms with van der Waals surface area (Å²) in [7, 11) is 0. The molecular formula is C18H21ClN4O4. The smallest absolute Gasteiger partial charge is 0.326 e. The molecule has 0 saturated carbocycles. The third-order valence-corrected chi connectivity index (χ3v) is 3.84. The van der Waals surface area contributed by atoms with Crippen molar-refractivity contribution in [3.63, 3.8) is 0 Å². The SMILES string of the molecule is CC(C)n1nccc1NC(=O)[C@H](C)OC(=O)CNC(=O)c1ccc(Cl)cc1. The molecule has 0 radical (unpaired) electrons. The van der Waals surface area contributed by atoms with Gasteiger partial charge in [0.15, 0.2) is 6.10 Å². The van der Waals surface area contributed by atoms with Gasteiger partial charge in [-0.05, 0) is 45.0 Å². The van der Waals surface area contributed by atoms with E-state index < -0.39 is 23.9 Å². The molecule has 8 nitrogen and oxygen atoms in total. The van der Waals surface area contributed by atoms with Crippen LogP contribution < -0.4 is 10.6 Å². The normalized spacial score (nSPS) is 11.7. The summed E-state index contributed by atoms with van der Waals surface area (Å²) in [6.45, 7) is 4.94. The average molecular weight is 393 g/mol. The van der Waals surface area contributed by atoms with Crippen molar-refractivity contribution in [2.75, 3.05) is 11.9 Å². The highest BCUT2D eigenvalue weighted by Gasteiger charge is 2.20. The van der Waals surface area contributed by atoms with Crippen molar-refractivity contribution in [1.29, 1.82) is 0 Å². The Labute approximate surface area is 161 Å². The molecule has 2 amide bonds. The molecule has 1 aromatic carbocycles. The summed E-state index contributed by atoms with van der Waals surface area (Å²) in [5, 5.41) is 9.70. The minimum atomic E-state index is -1.03. The van der Waals surface area contributed by atoms with Crippen molar-refractivity contribution in [3.8, 4) is 0 Å². The van der Waals surface area contributed by atoms with Gasteiger partial charge in [0.25, 0.3) is 11.8 Å². The van der Waals surface area contributed by atoms with E-state index in [4.69, 9.17) is 16.3 Å². The number of anilines is 1. The van der Waals surface area contributed by atoms with Crippen molar-refractivity contribution >= 4 is 35.2 Å². The van der Waals surface area contributed by atoms with E-state index in [0.29, 0.717) is 16.4 Å². The maximum Gasteiger partial charge on any atom is 0.326 e. The molecule has 2 N–H and O–H groups in total. The molecule has 0 unspecified atom stereocenters. The molecule has 144 valence electrons. The maximum absolute atomic E-state index is 12.2. The largest absolute Gasteiger partial charge is 0.451 e. The zero-order valence-electron chi connectivity index (χ0n) is 15.2. The second-order valence-electron chi connectivity index (χ2n) is 6.07. The van der Waals surface area contributed by atoms with E-state index in [1.165, 1.54) is 19.1 Å². The number of amides is 2. The summed E-state index contributed by atoms with van der Waals surface area (Å²) in [6, 6.07) is 7.94. The Morgan fingerprint density at radius 1 is 1.15 bits per heavy atom.